The maximum atomic E-state index is 12.3. The highest BCUT2D eigenvalue weighted by Gasteiger charge is 2.25. The highest BCUT2D eigenvalue weighted by molar-refractivity contribution is 5.84. The minimum Gasteiger partial charge on any atom is -0.497 e. The van der Waals surface area contributed by atoms with Gasteiger partial charge < -0.3 is 14.5 Å². The van der Waals surface area contributed by atoms with Crippen LogP contribution in [0, 0.1) is 5.92 Å². The Bertz CT molecular complexity index is 992. The van der Waals surface area contributed by atoms with Crippen molar-refractivity contribution in [2.75, 3.05) is 38.2 Å². The van der Waals surface area contributed by atoms with Gasteiger partial charge in [0.1, 0.15) is 12.1 Å². The van der Waals surface area contributed by atoms with Crippen LogP contribution >= 0.6 is 0 Å². The molecule has 9 heteroatoms. The zero-order valence-electron chi connectivity index (χ0n) is 16.9. The monoisotopic (exact) mass is 395 g/mol. The van der Waals surface area contributed by atoms with Crippen molar-refractivity contribution in [3.63, 3.8) is 0 Å². The minimum absolute atomic E-state index is 0.220. The summed E-state index contributed by atoms with van der Waals surface area (Å²) in [5.74, 6) is 2.12. The second kappa shape index (κ2) is 8.02. The first kappa shape index (κ1) is 19.1. The van der Waals surface area contributed by atoms with Crippen LogP contribution in [0.3, 0.4) is 0 Å². The van der Waals surface area contributed by atoms with Gasteiger partial charge in [-0.15, -0.1) is 5.10 Å². The molecule has 0 bridgehead atoms. The predicted octanol–water partition coefficient (Wildman–Crippen LogP) is 1.91. The van der Waals surface area contributed by atoms with Crippen LogP contribution in [0.4, 0.5) is 5.82 Å². The van der Waals surface area contributed by atoms with E-state index in [-0.39, 0.29) is 5.91 Å². The average molecular weight is 395 g/mol. The summed E-state index contributed by atoms with van der Waals surface area (Å²) in [6, 6.07) is 7.57. The summed E-state index contributed by atoms with van der Waals surface area (Å²) >= 11 is 0. The van der Waals surface area contributed by atoms with Crippen LogP contribution in [0.1, 0.15) is 20.3 Å². The summed E-state index contributed by atoms with van der Waals surface area (Å²) in [7, 11) is 1.63. The van der Waals surface area contributed by atoms with Gasteiger partial charge in [-0.2, -0.15) is 4.68 Å². The Hall–Kier alpha value is -3.23. The van der Waals surface area contributed by atoms with Crippen molar-refractivity contribution < 1.29 is 9.53 Å². The topological polar surface area (TPSA) is 89.3 Å². The van der Waals surface area contributed by atoms with Crippen LogP contribution in [0.15, 0.2) is 30.6 Å². The Morgan fingerprint density at radius 2 is 1.83 bits per heavy atom. The van der Waals surface area contributed by atoms with Crippen LogP contribution in [-0.4, -0.2) is 69.1 Å². The number of piperazine rings is 1. The fourth-order valence-electron chi connectivity index (χ4n) is 3.51. The van der Waals surface area contributed by atoms with Gasteiger partial charge in [0.15, 0.2) is 17.0 Å². The van der Waals surface area contributed by atoms with Crippen molar-refractivity contribution >= 4 is 22.9 Å². The molecule has 0 unspecified atom stereocenters. The molecule has 1 amide bonds. The zero-order chi connectivity index (χ0) is 20.4. The number of nitrogens with zero attached hydrogens (tertiary/aromatic N) is 7. The second-order valence-corrected chi connectivity index (χ2v) is 7.53. The second-order valence-electron chi connectivity index (χ2n) is 7.53. The van der Waals surface area contributed by atoms with Gasteiger partial charge in [-0.05, 0) is 30.2 Å². The maximum Gasteiger partial charge on any atom is 0.222 e. The van der Waals surface area contributed by atoms with Crippen LogP contribution in [0.25, 0.3) is 16.9 Å². The molecule has 2 aromatic heterocycles. The number of hydrogen-bond donors (Lipinski definition) is 0. The van der Waals surface area contributed by atoms with E-state index >= 15 is 0 Å². The molecule has 4 rings (SSSR count). The molecule has 3 heterocycles. The Balaban J connectivity index is 1.55. The highest BCUT2D eigenvalue weighted by atomic mass is 16.5. The van der Waals surface area contributed by atoms with E-state index in [0.717, 1.165) is 17.3 Å². The normalized spacial score (nSPS) is 14.6. The molecular formula is C20H25N7O2. The molecule has 1 aromatic carbocycles. The molecule has 1 aliphatic rings. The van der Waals surface area contributed by atoms with Crippen molar-refractivity contribution in [2.24, 2.45) is 5.92 Å². The Labute approximate surface area is 169 Å². The lowest BCUT2D eigenvalue weighted by Gasteiger charge is -2.35. The lowest BCUT2D eigenvalue weighted by molar-refractivity contribution is -0.132. The number of carbonyl (C=O) groups excluding carboxylic acids is 1. The average Bonchev–Trinajstić information content (AvgIpc) is 3.18. The van der Waals surface area contributed by atoms with E-state index in [9.17, 15) is 4.79 Å². The van der Waals surface area contributed by atoms with Crippen LogP contribution in [0.2, 0.25) is 0 Å². The third-order valence-electron chi connectivity index (χ3n) is 5.05. The van der Waals surface area contributed by atoms with Crippen molar-refractivity contribution in [3.8, 4) is 11.4 Å². The number of hydrogen-bond acceptors (Lipinski definition) is 7. The summed E-state index contributed by atoms with van der Waals surface area (Å²) in [5, 5.41) is 8.63. The molecule has 1 fully saturated rings. The van der Waals surface area contributed by atoms with Crippen molar-refractivity contribution in [1.29, 1.82) is 0 Å². The molecule has 1 aliphatic heterocycles. The molecule has 0 aliphatic carbocycles. The Morgan fingerprint density at radius 1 is 1.10 bits per heavy atom. The molecular weight excluding hydrogens is 370 g/mol. The first-order valence-corrected chi connectivity index (χ1v) is 9.80. The molecule has 0 atom stereocenters. The number of ether oxygens (including phenoxy) is 1. The van der Waals surface area contributed by atoms with Crippen LogP contribution in [0.5, 0.6) is 5.75 Å². The molecule has 1 saturated heterocycles. The van der Waals surface area contributed by atoms with Gasteiger partial charge in [0.2, 0.25) is 5.91 Å². The van der Waals surface area contributed by atoms with Gasteiger partial charge in [-0.3, -0.25) is 4.79 Å². The number of anilines is 1. The van der Waals surface area contributed by atoms with Crippen LogP contribution < -0.4 is 9.64 Å². The minimum atomic E-state index is 0.220. The zero-order valence-corrected chi connectivity index (χ0v) is 16.9. The van der Waals surface area contributed by atoms with Gasteiger partial charge in [0.05, 0.1) is 12.8 Å². The van der Waals surface area contributed by atoms with Crippen molar-refractivity contribution in [3.05, 3.63) is 30.6 Å². The Kier molecular flexibility index (Phi) is 5.28. The number of amides is 1. The van der Waals surface area contributed by atoms with Gasteiger partial charge >= 0.3 is 0 Å². The van der Waals surface area contributed by atoms with Gasteiger partial charge in [-0.25, -0.2) is 9.97 Å². The molecule has 9 nitrogen and oxygen atoms in total. The van der Waals surface area contributed by atoms with E-state index in [1.165, 1.54) is 6.33 Å². The quantitative estimate of drug-likeness (QED) is 0.652. The molecule has 0 N–H and O–H groups in total. The summed E-state index contributed by atoms with van der Waals surface area (Å²) in [5.41, 5.74) is 2.16. The summed E-state index contributed by atoms with van der Waals surface area (Å²) in [6.45, 7) is 6.93. The summed E-state index contributed by atoms with van der Waals surface area (Å²) in [6.07, 6.45) is 2.13. The predicted molar refractivity (Wildman–Crippen MR) is 109 cm³/mol. The maximum absolute atomic E-state index is 12.3. The fourth-order valence-corrected chi connectivity index (χ4v) is 3.51. The Morgan fingerprint density at radius 3 is 2.48 bits per heavy atom. The summed E-state index contributed by atoms with van der Waals surface area (Å²) in [4.78, 5) is 25.3. The number of carbonyl (C=O) groups is 1. The molecule has 0 spiro atoms. The van der Waals surface area contributed by atoms with E-state index in [4.69, 9.17) is 4.74 Å². The van der Waals surface area contributed by atoms with Gasteiger partial charge in [-0.1, -0.05) is 19.1 Å². The van der Waals surface area contributed by atoms with E-state index < -0.39 is 0 Å². The largest absolute Gasteiger partial charge is 0.497 e. The van der Waals surface area contributed by atoms with E-state index in [2.05, 4.69) is 39.0 Å². The van der Waals surface area contributed by atoms with E-state index in [1.54, 1.807) is 11.8 Å². The molecule has 0 radical (unpaired) electrons. The van der Waals surface area contributed by atoms with Crippen LogP contribution in [-0.2, 0) is 4.79 Å². The number of fused-ring (bicyclic) bond motifs is 1. The van der Waals surface area contributed by atoms with Gasteiger partial charge in [0.25, 0.3) is 0 Å². The molecule has 3 aromatic rings. The number of aromatic nitrogens is 5. The third kappa shape index (κ3) is 3.85. The number of rotatable bonds is 5. The molecule has 0 saturated carbocycles. The lowest BCUT2D eigenvalue weighted by Crippen LogP contribution is -2.49. The SMILES string of the molecule is COc1ccc(-n2nnc3c(N4CCN(C(=O)CC(C)C)CC4)ncnc32)cc1. The fraction of sp³-hybridized carbons (Fsp3) is 0.450. The first-order valence-electron chi connectivity index (χ1n) is 9.80. The molecule has 29 heavy (non-hydrogen) atoms. The standard InChI is InChI=1S/C20H25N7O2/c1-14(2)12-17(28)25-8-10-26(11-9-25)19-18-20(22-13-21-19)27(24-23-18)15-4-6-16(29-3)7-5-15/h4-7,13-14H,8-12H2,1-3H3. The van der Waals surface area contributed by atoms with Crippen molar-refractivity contribution in [2.45, 2.75) is 20.3 Å². The summed E-state index contributed by atoms with van der Waals surface area (Å²) < 4.78 is 6.91. The van der Waals surface area contributed by atoms with Gasteiger partial charge in [0, 0.05) is 32.6 Å². The van der Waals surface area contributed by atoms with E-state index in [0.29, 0.717) is 49.7 Å². The number of methoxy groups -OCH3 is 1. The smallest absolute Gasteiger partial charge is 0.222 e. The highest BCUT2D eigenvalue weighted by Crippen LogP contribution is 2.24. The number of benzene rings is 1. The molecule has 152 valence electrons. The van der Waals surface area contributed by atoms with E-state index in [1.807, 2.05) is 29.2 Å². The first-order chi connectivity index (χ1) is 14.1. The lowest BCUT2D eigenvalue weighted by atomic mass is 10.1. The third-order valence-corrected chi connectivity index (χ3v) is 5.05. The van der Waals surface area contributed by atoms with Crippen molar-refractivity contribution in [1.82, 2.24) is 29.9 Å².